The zero-order valence-corrected chi connectivity index (χ0v) is 24.5. The zero-order valence-electron chi connectivity index (χ0n) is 24.5. The molecule has 0 aliphatic carbocycles. The molecule has 1 unspecified atom stereocenters. The van der Waals surface area contributed by atoms with Crippen molar-refractivity contribution in [1.29, 1.82) is 0 Å². The Hall–Kier alpha value is -3.96. The molecule has 2 bridgehead atoms. The number of methoxy groups -OCH3 is 1. The van der Waals surface area contributed by atoms with E-state index in [0.29, 0.717) is 92.9 Å². The van der Waals surface area contributed by atoms with Gasteiger partial charge < -0.3 is 29.7 Å². The summed E-state index contributed by atoms with van der Waals surface area (Å²) in [6, 6.07) is 15.0. The third-order valence-electron chi connectivity index (χ3n) is 8.89. The number of ether oxygens (including phenoxy) is 3. The summed E-state index contributed by atoms with van der Waals surface area (Å²) in [5, 5.41) is 11.4. The summed E-state index contributed by atoms with van der Waals surface area (Å²) in [6.07, 6.45) is 1.57. The Labute approximate surface area is 250 Å². The highest BCUT2D eigenvalue weighted by molar-refractivity contribution is 6.05. The van der Waals surface area contributed by atoms with Crippen LogP contribution in [0.15, 0.2) is 48.5 Å². The fourth-order valence-electron chi connectivity index (χ4n) is 6.69. The van der Waals surface area contributed by atoms with E-state index in [-0.39, 0.29) is 37.4 Å². The predicted molar refractivity (Wildman–Crippen MR) is 159 cm³/mol. The first-order chi connectivity index (χ1) is 21.0. The van der Waals surface area contributed by atoms with Gasteiger partial charge in [0, 0.05) is 57.1 Å². The smallest absolute Gasteiger partial charge is 0.270 e. The molecule has 4 heterocycles. The van der Waals surface area contributed by atoms with E-state index >= 15 is 0 Å². The SMILES string of the molecule is COCCCC1(C(=O)N2C[C@H]3COC[C@H]3C2)CNC(=O)c2c3ccccc3nn2CCNC(=O)COc2cccc(c2)C1. The molecule has 0 saturated carbocycles. The Bertz CT molecular complexity index is 1480. The van der Waals surface area contributed by atoms with Gasteiger partial charge in [0.15, 0.2) is 6.61 Å². The standard InChI is InChI=1S/C32H39N5O6/c1-41-13-5-10-32(31(40)36-16-23-18-42-19-24(23)17-36)15-22-6-4-7-25(14-22)43-20-28(38)33-11-12-37-29(30(39)34-21-32)26-8-2-3-9-27(26)35-37/h2-4,6-9,14,23-24H,5,10-13,15-21H2,1H3,(H,33,38)(H,34,39)/t23-,24+,32?. The summed E-state index contributed by atoms with van der Waals surface area (Å²) in [4.78, 5) is 43.2. The summed E-state index contributed by atoms with van der Waals surface area (Å²) in [5.41, 5.74) is 1.05. The lowest BCUT2D eigenvalue weighted by Crippen LogP contribution is -2.51. The van der Waals surface area contributed by atoms with E-state index in [0.717, 1.165) is 5.56 Å². The first kappa shape index (κ1) is 29.1. The molecule has 3 aliphatic heterocycles. The van der Waals surface area contributed by atoms with Gasteiger partial charge in [0.2, 0.25) is 5.91 Å². The number of nitrogens with zero attached hydrogens (tertiary/aromatic N) is 3. The van der Waals surface area contributed by atoms with Crippen molar-refractivity contribution in [2.24, 2.45) is 17.3 Å². The normalized spacial score (nSPS) is 24.6. The maximum atomic E-state index is 14.6. The third-order valence-corrected chi connectivity index (χ3v) is 8.89. The summed E-state index contributed by atoms with van der Waals surface area (Å²) >= 11 is 0. The van der Waals surface area contributed by atoms with Gasteiger partial charge >= 0.3 is 0 Å². The molecule has 2 fully saturated rings. The van der Waals surface area contributed by atoms with Crippen LogP contribution >= 0.6 is 0 Å². The molecule has 43 heavy (non-hydrogen) atoms. The number of benzene rings is 2. The van der Waals surface area contributed by atoms with E-state index in [9.17, 15) is 14.4 Å². The number of carbonyl (C=O) groups is 3. The fraction of sp³-hybridized carbons (Fsp3) is 0.500. The Morgan fingerprint density at radius 1 is 1.09 bits per heavy atom. The van der Waals surface area contributed by atoms with Crippen LogP contribution in [0.3, 0.4) is 0 Å². The molecule has 0 spiro atoms. The molecule has 3 aromatic rings. The third kappa shape index (κ3) is 6.23. The average molecular weight is 590 g/mol. The van der Waals surface area contributed by atoms with Crippen LogP contribution in [0.5, 0.6) is 5.75 Å². The van der Waals surface area contributed by atoms with Crippen molar-refractivity contribution in [2.45, 2.75) is 25.8 Å². The Morgan fingerprint density at radius 3 is 2.72 bits per heavy atom. The molecule has 6 rings (SSSR count). The number of hydrogen-bond donors (Lipinski definition) is 2. The molecule has 3 amide bonds. The van der Waals surface area contributed by atoms with Gasteiger partial charge in [-0.15, -0.1) is 0 Å². The van der Waals surface area contributed by atoms with Gasteiger partial charge in [-0.1, -0.05) is 30.3 Å². The fourth-order valence-corrected chi connectivity index (χ4v) is 6.69. The van der Waals surface area contributed by atoms with E-state index in [2.05, 4.69) is 15.7 Å². The average Bonchev–Trinajstić information content (AvgIpc) is 3.72. The molecule has 0 radical (unpaired) electrons. The highest BCUT2D eigenvalue weighted by Crippen LogP contribution is 2.37. The largest absolute Gasteiger partial charge is 0.484 e. The number of rotatable bonds is 5. The van der Waals surface area contributed by atoms with Gasteiger partial charge in [0.25, 0.3) is 11.8 Å². The van der Waals surface area contributed by atoms with Crippen molar-refractivity contribution in [2.75, 3.05) is 59.7 Å². The van der Waals surface area contributed by atoms with Crippen LogP contribution in [0.25, 0.3) is 10.9 Å². The van der Waals surface area contributed by atoms with E-state index < -0.39 is 5.41 Å². The monoisotopic (exact) mass is 589 g/mol. The number of likely N-dealkylation sites (tertiary alicyclic amines) is 1. The van der Waals surface area contributed by atoms with Crippen molar-refractivity contribution >= 4 is 28.6 Å². The van der Waals surface area contributed by atoms with Crippen LogP contribution < -0.4 is 15.4 Å². The van der Waals surface area contributed by atoms with Crippen molar-refractivity contribution in [1.82, 2.24) is 25.3 Å². The first-order valence-electron chi connectivity index (χ1n) is 15.0. The first-order valence-corrected chi connectivity index (χ1v) is 15.0. The van der Waals surface area contributed by atoms with Crippen molar-refractivity contribution in [3.8, 4) is 5.75 Å². The summed E-state index contributed by atoms with van der Waals surface area (Å²) in [7, 11) is 1.65. The maximum Gasteiger partial charge on any atom is 0.270 e. The molecule has 3 aliphatic rings. The van der Waals surface area contributed by atoms with Crippen LogP contribution in [-0.4, -0.2) is 92.1 Å². The number of nitrogens with one attached hydrogen (secondary N) is 2. The van der Waals surface area contributed by atoms with Gasteiger partial charge in [0.1, 0.15) is 11.4 Å². The second-order valence-corrected chi connectivity index (χ2v) is 11.9. The molecule has 2 aromatic carbocycles. The highest BCUT2D eigenvalue weighted by atomic mass is 16.5. The van der Waals surface area contributed by atoms with Crippen molar-refractivity contribution < 1.29 is 28.6 Å². The van der Waals surface area contributed by atoms with Gasteiger partial charge in [-0.25, -0.2) is 0 Å². The molecule has 3 atom stereocenters. The number of hydrogen-bond acceptors (Lipinski definition) is 7. The molecule has 11 nitrogen and oxygen atoms in total. The number of fused-ring (bicyclic) bond motifs is 6. The molecular formula is C32H39N5O6. The molecule has 1 aromatic heterocycles. The van der Waals surface area contributed by atoms with Gasteiger partial charge in [-0.2, -0.15) is 5.10 Å². The van der Waals surface area contributed by atoms with Gasteiger partial charge in [-0.05, 0) is 43.0 Å². The number of carbonyl (C=O) groups excluding carboxylic acids is 3. The Kier molecular flexibility index (Phi) is 8.62. The zero-order chi connectivity index (χ0) is 29.8. The molecule has 2 N–H and O–H groups in total. The number of aromatic nitrogens is 2. The summed E-state index contributed by atoms with van der Waals surface area (Å²) < 4.78 is 18.5. The quantitative estimate of drug-likeness (QED) is 0.437. The van der Waals surface area contributed by atoms with E-state index in [4.69, 9.17) is 14.2 Å². The lowest BCUT2D eigenvalue weighted by Gasteiger charge is -2.37. The van der Waals surface area contributed by atoms with Gasteiger partial charge in [-0.3, -0.25) is 19.1 Å². The van der Waals surface area contributed by atoms with Crippen LogP contribution in [0.1, 0.15) is 28.9 Å². The lowest BCUT2D eigenvalue weighted by atomic mass is 9.76. The molecular weight excluding hydrogens is 550 g/mol. The van der Waals surface area contributed by atoms with Crippen LogP contribution in [-0.2, 0) is 32.0 Å². The van der Waals surface area contributed by atoms with E-state index in [1.54, 1.807) is 17.9 Å². The van der Waals surface area contributed by atoms with E-state index in [1.807, 2.05) is 47.4 Å². The molecule has 2 saturated heterocycles. The topological polar surface area (TPSA) is 124 Å². The molecule has 228 valence electrons. The van der Waals surface area contributed by atoms with Gasteiger partial charge in [0.05, 0.1) is 30.7 Å². The minimum Gasteiger partial charge on any atom is -0.484 e. The maximum absolute atomic E-state index is 14.6. The predicted octanol–water partition coefficient (Wildman–Crippen LogP) is 2.04. The Morgan fingerprint density at radius 2 is 1.91 bits per heavy atom. The van der Waals surface area contributed by atoms with E-state index in [1.165, 1.54) is 0 Å². The number of amides is 3. The van der Waals surface area contributed by atoms with Crippen molar-refractivity contribution in [3.63, 3.8) is 0 Å². The molecule has 11 heteroatoms. The van der Waals surface area contributed by atoms with Crippen molar-refractivity contribution in [3.05, 3.63) is 59.8 Å². The Balaban J connectivity index is 1.39. The highest BCUT2D eigenvalue weighted by Gasteiger charge is 2.47. The minimum atomic E-state index is -0.929. The summed E-state index contributed by atoms with van der Waals surface area (Å²) in [6.45, 7) is 3.73. The summed E-state index contributed by atoms with van der Waals surface area (Å²) in [5.74, 6) is 0.681. The second-order valence-electron chi connectivity index (χ2n) is 11.9. The van der Waals surface area contributed by atoms with Crippen LogP contribution in [0, 0.1) is 17.3 Å². The van der Waals surface area contributed by atoms with Crippen LogP contribution in [0.4, 0.5) is 0 Å². The van der Waals surface area contributed by atoms with Crippen LogP contribution in [0.2, 0.25) is 0 Å². The lowest BCUT2D eigenvalue weighted by molar-refractivity contribution is -0.142. The second kappa shape index (κ2) is 12.7. The minimum absolute atomic E-state index is 0.0310.